The fourth-order valence-electron chi connectivity index (χ4n) is 1.60. The molecule has 0 radical (unpaired) electrons. The minimum absolute atomic E-state index is 0.0109. The van der Waals surface area contributed by atoms with E-state index in [9.17, 15) is 9.90 Å². The molecule has 19 heavy (non-hydrogen) atoms. The molecule has 0 amide bonds. The van der Waals surface area contributed by atoms with Crippen molar-refractivity contribution >= 4 is 23.4 Å². The van der Waals surface area contributed by atoms with Crippen LogP contribution >= 0.6 is 11.8 Å². The summed E-state index contributed by atoms with van der Waals surface area (Å²) in [5.41, 5.74) is 0.898. The monoisotopic (exact) mass is 285 g/mol. The summed E-state index contributed by atoms with van der Waals surface area (Å²) in [4.78, 5) is 12.1. The average Bonchev–Trinajstić information content (AvgIpc) is 2.38. The summed E-state index contributed by atoms with van der Waals surface area (Å²) in [6, 6.07) is 5.39. The Bertz CT molecular complexity index is 412. The maximum absolute atomic E-state index is 11.3. The Labute approximate surface area is 117 Å². The predicted molar refractivity (Wildman–Crippen MR) is 76.2 cm³/mol. The number of thioether (sulfide) groups is 1. The Balaban J connectivity index is 2.70. The second-order valence-electron chi connectivity index (χ2n) is 3.68. The van der Waals surface area contributed by atoms with Crippen LogP contribution in [0.15, 0.2) is 23.1 Å². The van der Waals surface area contributed by atoms with Crippen molar-refractivity contribution in [2.45, 2.75) is 11.8 Å². The lowest BCUT2D eigenvalue weighted by atomic mass is 10.2. The number of anilines is 1. The first-order valence-electron chi connectivity index (χ1n) is 6.12. The highest BCUT2D eigenvalue weighted by atomic mass is 32.2. The van der Waals surface area contributed by atoms with Gasteiger partial charge in [0.1, 0.15) is 0 Å². The Morgan fingerprint density at radius 2 is 2.21 bits per heavy atom. The number of carboxylic acid groups (broad SMARTS) is 1. The second-order valence-corrected chi connectivity index (χ2v) is 4.99. The van der Waals surface area contributed by atoms with Crippen molar-refractivity contribution in [2.24, 2.45) is 0 Å². The molecular formula is C13H19NO4S. The molecular weight excluding hydrogens is 266 g/mol. The van der Waals surface area contributed by atoms with Crippen LogP contribution in [0.2, 0.25) is 0 Å². The molecule has 1 rings (SSSR count). The normalized spacial score (nSPS) is 10.4. The zero-order valence-electron chi connectivity index (χ0n) is 10.9. The summed E-state index contributed by atoms with van der Waals surface area (Å²) in [7, 11) is 0. The van der Waals surface area contributed by atoms with E-state index in [0.29, 0.717) is 31.0 Å². The van der Waals surface area contributed by atoms with E-state index in [1.165, 1.54) is 11.8 Å². The van der Waals surface area contributed by atoms with Gasteiger partial charge in [0.15, 0.2) is 0 Å². The van der Waals surface area contributed by atoms with Gasteiger partial charge in [0.2, 0.25) is 0 Å². The van der Waals surface area contributed by atoms with Gasteiger partial charge in [-0.2, -0.15) is 0 Å². The lowest BCUT2D eigenvalue weighted by Crippen LogP contribution is -2.14. The number of ether oxygens (including phenoxy) is 1. The van der Waals surface area contributed by atoms with Crippen molar-refractivity contribution in [1.29, 1.82) is 0 Å². The molecule has 106 valence electrons. The topological polar surface area (TPSA) is 78.8 Å². The van der Waals surface area contributed by atoms with E-state index >= 15 is 0 Å². The van der Waals surface area contributed by atoms with Crippen molar-refractivity contribution in [3.05, 3.63) is 23.8 Å². The third kappa shape index (κ3) is 5.10. The molecule has 0 unspecified atom stereocenters. The number of benzene rings is 1. The summed E-state index contributed by atoms with van der Waals surface area (Å²) in [5.74, 6) is -0.112. The molecule has 6 heteroatoms. The third-order valence-corrected chi connectivity index (χ3v) is 3.28. The highest BCUT2D eigenvalue weighted by molar-refractivity contribution is 7.99. The molecule has 1 aromatic rings. The quantitative estimate of drug-likeness (QED) is 0.475. The van der Waals surface area contributed by atoms with Crippen LogP contribution in [0.3, 0.4) is 0 Å². The molecule has 1 aromatic carbocycles. The minimum Gasteiger partial charge on any atom is -0.478 e. The van der Waals surface area contributed by atoms with Gasteiger partial charge in [0, 0.05) is 17.1 Å². The van der Waals surface area contributed by atoms with E-state index in [4.69, 9.17) is 9.84 Å². The first-order valence-corrected chi connectivity index (χ1v) is 7.10. The smallest absolute Gasteiger partial charge is 0.338 e. The highest BCUT2D eigenvalue weighted by Gasteiger charge is 2.15. The van der Waals surface area contributed by atoms with E-state index < -0.39 is 5.97 Å². The van der Waals surface area contributed by atoms with Crippen molar-refractivity contribution < 1.29 is 19.7 Å². The van der Waals surface area contributed by atoms with Crippen LogP contribution in [0.1, 0.15) is 17.3 Å². The first-order chi connectivity index (χ1) is 9.20. The molecule has 0 spiro atoms. The number of carbonyl (C=O) groups is 1. The molecule has 5 nitrogen and oxygen atoms in total. The van der Waals surface area contributed by atoms with Gasteiger partial charge in [-0.25, -0.2) is 4.79 Å². The summed E-state index contributed by atoms with van der Waals surface area (Å²) in [6.07, 6.45) is 0. The Hall–Kier alpha value is -1.24. The van der Waals surface area contributed by atoms with Crippen molar-refractivity contribution in [1.82, 2.24) is 0 Å². The van der Waals surface area contributed by atoms with Crippen molar-refractivity contribution in [3.63, 3.8) is 0 Å². The van der Waals surface area contributed by atoms with Gasteiger partial charge in [-0.05, 0) is 17.9 Å². The molecule has 0 heterocycles. The van der Waals surface area contributed by atoms with Crippen molar-refractivity contribution in [2.75, 3.05) is 37.4 Å². The van der Waals surface area contributed by atoms with Gasteiger partial charge in [-0.15, -0.1) is 11.8 Å². The number of aliphatic hydroxyl groups excluding tert-OH is 1. The fraction of sp³-hybridized carbons (Fsp3) is 0.462. The summed E-state index contributed by atoms with van der Waals surface area (Å²) >= 11 is 1.51. The number of rotatable bonds is 9. The Morgan fingerprint density at radius 1 is 1.42 bits per heavy atom. The molecule has 0 aliphatic carbocycles. The van der Waals surface area contributed by atoms with Gasteiger partial charge < -0.3 is 20.3 Å². The average molecular weight is 285 g/mol. The lowest BCUT2D eigenvalue weighted by molar-refractivity contribution is 0.0694. The standard InChI is InChI=1S/C13H19NO4S/c1-2-19-11-5-3-4-10(12(11)13(16)17)14-6-8-18-9-7-15/h3-5,14-15H,2,6-9H2,1H3,(H,16,17). The largest absolute Gasteiger partial charge is 0.478 e. The van der Waals surface area contributed by atoms with E-state index in [0.717, 1.165) is 10.6 Å². The molecule has 0 saturated carbocycles. The second kappa shape index (κ2) is 8.79. The number of carboxylic acids is 1. The summed E-state index contributed by atoms with van der Waals surface area (Å²) < 4.78 is 5.12. The maximum atomic E-state index is 11.3. The van der Waals surface area contributed by atoms with E-state index in [-0.39, 0.29) is 6.61 Å². The third-order valence-electron chi connectivity index (χ3n) is 2.34. The maximum Gasteiger partial charge on any atom is 0.338 e. The summed E-state index contributed by atoms with van der Waals surface area (Å²) in [5, 5.41) is 20.9. The molecule has 0 bridgehead atoms. The van der Waals surface area contributed by atoms with Crippen LogP contribution in [-0.4, -0.2) is 48.3 Å². The number of hydrogen-bond donors (Lipinski definition) is 3. The highest BCUT2D eigenvalue weighted by Crippen LogP contribution is 2.28. The van der Waals surface area contributed by atoms with Crippen LogP contribution in [0, 0.1) is 0 Å². The van der Waals surface area contributed by atoms with E-state index in [2.05, 4.69) is 5.32 Å². The molecule has 0 aromatic heterocycles. The van der Waals surface area contributed by atoms with E-state index in [1.807, 2.05) is 19.1 Å². The molecule has 0 aliphatic heterocycles. The van der Waals surface area contributed by atoms with Gasteiger partial charge in [0.05, 0.1) is 25.4 Å². The lowest BCUT2D eigenvalue weighted by Gasteiger charge is -2.12. The molecule has 3 N–H and O–H groups in total. The van der Waals surface area contributed by atoms with Gasteiger partial charge in [0.25, 0.3) is 0 Å². The van der Waals surface area contributed by atoms with Crippen LogP contribution in [0.4, 0.5) is 5.69 Å². The zero-order valence-corrected chi connectivity index (χ0v) is 11.7. The van der Waals surface area contributed by atoms with Crippen LogP contribution < -0.4 is 5.32 Å². The van der Waals surface area contributed by atoms with Crippen LogP contribution in [0.25, 0.3) is 0 Å². The van der Waals surface area contributed by atoms with Crippen LogP contribution in [0.5, 0.6) is 0 Å². The van der Waals surface area contributed by atoms with Gasteiger partial charge in [-0.3, -0.25) is 0 Å². The number of hydrogen-bond acceptors (Lipinski definition) is 5. The molecule has 0 fully saturated rings. The number of aromatic carboxylic acids is 1. The molecule has 0 atom stereocenters. The molecule has 0 saturated heterocycles. The van der Waals surface area contributed by atoms with E-state index in [1.54, 1.807) is 6.07 Å². The van der Waals surface area contributed by atoms with Gasteiger partial charge >= 0.3 is 5.97 Å². The Morgan fingerprint density at radius 3 is 2.84 bits per heavy atom. The predicted octanol–water partition coefficient (Wildman–Crippen LogP) is 1.92. The Kier molecular flexibility index (Phi) is 7.32. The fourth-order valence-corrected chi connectivity index (χ4v) is 2.43. The summed E-state index contributed by atoms with van der Waals surface area (Å²) in [6.45, 7) is 3.19. The SMILES string of the molecule is CCSc1cccc(NCCOCCO)c1C(=O)O. The van der Waals surface area contributed by atoms with Crippen molar-refractivity contribution in [3.8, 4) is 0 Å². The first kappa shape index (κ1) is 15.8. The number of nitrogens with one attached hydrogen (secondary N) is 1. The zero-order chi connectivity index (χ0) is 14.1. The van der Waals surface area contributed by atoms with Gasteiger partial charge in [-0.1, -0.05) is 13.0 Å². The number of aliphatic hydroxyl groups is 1. The van der Waals surface area contributed by atoms with Crippen LogP contribution in [-0.2, 0) is 4.74 Å². The minimum atomic E-state index is -0.935. The molecule has 0 aliphatic rings.